The third-order valence-electron chi connectivity index (χ3n) is 4.43. The van der Waals surface area contributed by atoms with Crippen LogP contribution < -0.4 is 10.6 Å². The van der Waals surface area contributed by atoms with Crippen LogP contribution in [0.5, 0.6) is 0 Å². The van der Waals surface area contributed by atoms with Gasteiger partial charge in [-0.05, 0) is 51.5 Å². The van der Waals surface area contributed by atoms with Crippen molar-refractivity contribution in [3.63, 3.8) is 0 Å². The summed E-state index contributed by atoms with van der Waals surface area (Å²) in [7, 11) is 0. The van der Waals surface area contributed by atoms with Crippen LogP contribution in [0.15, 0.2) is 0 Å². The monoisotopic (exact) mass is 326 g/mol. The summed E-state index contributed by atoms with van der Waals surface area (Å²) in [5.74, 6) is -0.840. The van der Waals surface area contributed by atoms with E-state index in [2.05, 4.69) is 24.5 Å². The molecule has 1 fully saturated rings. The zero-order valence-corrected chi connectivity index (χ0v) is 14.4. The highest BCUT2D eigenvalue weighted by molar-refractivity contribution is 5.85. The number of carbonyl (C=O) groups is 3. The molecule has 0 heterocycles. The van der Waals surface area contributed by atoms with Crippen LogP contribution in [0.25, 0.3) is 0 Å². The third-order valence-corrected chi connectivity index (χ3v) is 4.43. The SMILES string of the molecule is CC(=O)CC[C@H](NC(=O)C1CCC(CNC(C)C)CC1)C(=O)O. The standard InChI is InChI=1S/C17H30N2O4/c1-11(2)18-10-13-5-7-14(8-6-13)16(21)19-15(17(22)23)9-4-12(3)20/h11,13-15,18H,4-10H2,1-3H3,(H,19,21)(H,22,23)/t13?,14?,15-/m0/s1. The predicted octanol–water partition coefficient (Wildman–Crippen LogP) is 1.73. The molecule has 6 heteroatoms. The second kappa shape index (κ2) is 9.65. The van der Waals surface area contributed by atoms with E-state index in [1.165, 1.54) is 6.92 Å². The van der Waals surface area contributed by atoms with Crippen molar-refractivity contribution < 1.29 is 19.5 Å². The topological polar surface area (TPSA) is 95.5 Å². The fourth-order valence-corrected chi connectivity index (χ4v) is 2.93. The highest BCUT2D eigenvalue weighted by Crippen LogP contribution is 2.28. The van der Waals surface area contributed by atoms with Gasteiger partial charge >= 0.3 is 5.97 Å². The molecule has 132 valence electrons. The molecule has 1 atom stereocenters. The molecule has 1 aliphatic rings. The maximum absolute atomic E-state index is 12.3. The van der Waals surface area contributed by atoms with E-state index < -0.39 is 12.0 Å². The van der Waals surface area contributed by atoms with Crippen molar-refractivity contribution in [2.75, 3.05) is 6.54 Å². The number of amides is 1. The quantitative estimate of drug-likeness (QED) is 0.600. The number of Topliss-reactive ketones (excluding diaryl/α,β-unsaturated/α-hetero) is 1. The molecule has 1 rings (SSSR count). The number of carboxylic acid groups (broad SMARTS) is 1. The van der Waals surface area contributed by atoms with E-state index in [-0.39, 0.29) is 30.4 Å². The van der Waals surface area contributed by atoms with Gasteiger partial charge in [0.05, 0.1) is 0 Å². The van der Waals surface area contributed by atoms with E-state index >= 15 is 0 Å². The molecule has 0 aromatic heterocycles. The summed E-state index contributed by atoms with van der Waals surface area (Å²) >= 11 is 0. The van der Waals surface area contributed by atoms with Gasteiger partial charge in [0.15, 0.2) is 0 Å². The van der Waals surface area contributed by atoms with Gasteiger partial charge in [0.1, 0.15) is 11.8 Å². The Kier molecular flexibility index (Phi) is 8.23. The fourth-order valence-electron chi connectivity index (χ4n) is 2.93. The molecule has 0 unspecified atom stereocenters. The molecule has 3 N–H and O–H groups in total. The molecule has 1 saturated carbocycles. The summed E-state index contributed by atoms with van der Waals surface area (Å²) in [6.45, 7) is 6.63. The number of carbonyl (C=O) groups excluding carboxylic acids is 2. The Hall–Kier alpha value is -1.43. The van der Waals surface area contributed by atoms with Crippen LogP contribution in [0.3, 0.4) is 0 Å². The average molecular weight is 326 g/mol. The number of carboxylic acids is 1. The molecule has 0 bridgehead atoms. The number of aliphatic carboxylic acids is 1. The maximum Gasteiger partial charge on any atom is 0.326 e. The van der Waals surface area contributed by atoms with Gasteiger partial charge in [-0.25, -0.2) is 4.79 Å². The molecule has 1 amide bonds. The van der Waals surface area contributed by atoms with Gasteiger partial charge in [0, 0.05) is 18.4 Å². The molecule has 0 aromatic rings. The van der Waals surface area contributed by atoms with Crippen LogP contribution in [0.4, 0.5) is 0 Å². The minimum absolute atomic E-state index is 0.0661. The Morgan fingerprint density at radius 2 is 1.74 bits per heavy atom. The second-order valence-corrected chi connectivity index (χ2v) is 6.92. The molecule has 6 nitrogen and oxygen atoms in total. The van der Waals surface area contributed by atoms with Crippen molar-refractivity contribution in [3.05, 3.63) is 0 Å². The van der Waals surface area contributed by atoms with Crippen LogP contribution in [-0.4, -0.2) is 41.4 Å². The lowest BCUT2D eigenvalue weighted by molar-refractivity contribution is -0.143. The van der Waals surface area contributed by atoms with Gasteiger partial charge in [0.25, 0.3) is 0 Å². The van der Waals surface area contributed by atoms with Crippen LogP contribution in [0.2, 0.25) is 0 Å². The summed E-state index contributed by atoms with van der Waals surface area (Å²) < 4.78 is 0. The molecule has 0 saturated heterocycles. The van der Waals surface area contributed by atoms with E-state index in [9.17, 15) is 14.4 Å². The van der Waals surface area contributed by atoms with Crippen molar-refractivity contribution in [3.8, 4) is 0 Å². The number of hydrogen-bond donors (Lipinski definition) is 3. The zero-order valence-electron chi connectivity index (χ0n) is 14.4. The van der Waals surface area contributed by atoms with Crippen molar-refractivity contribution in [1.29, 1.82) is 0 Å². The second-order valence-electron chi connectivity index (χ2n) is 6.92. The van der Waals surface area contributed by atoms with Crippen LogP contribution in [0.1, 0.15) is 59.3 Å². The van der Waals surface area contributed by atoms with E-state index in [1.807, 2.05) is 0 Å². The van der Waals surface area contributed by atoms with Crippen LogP contribution in [-0.2, 0) is 14.4 Å². The minimum Gasteiger partial charge on any atom is -0.480 e. The molecular weight excluding hydrogens is 296 g/mol. The van der Waals surface area contributed by atoms with Gasteiger partial charge < -0.3 is 20.5 Å². The van der Waals surface area contributed by atoms with Crippen LogP contribution >= 0.6 is 0 Å². The van der Waals surface area contributed by atoms with Crippen molar-refractivity contribution in [2.24, 2.45) is 11.8 Å². The Balaban J connectivity index is 2.39. The Morgan fingerprint density at radius 1 is 1.13 bits per heavy atom. The molecule has 0 aromatic carbocycles. The van der Waals surface area contributed by atoms with Crippen molar-refractivity contribution in [1.82, 2.24) is 10.6 Å². The summed E-state index contributed by atoms with van der Waals surface area (Å²) in [5.41, 5.74) is 0. The van der Waals surface area contributed by atoms with Crippen molar-refractivity contribution >= 4 is 17.7 Å². The maximum atomic E-state index is 12.3. The van der Waals surface area contributed by atoms with Gasteiger partial charge in [-0.15, -0.1) is 0 Å². The number of rotatable bonds is 9. The summed E-state index contributed by atoms with van der Waals surface area (Å²) in [4.78, 5) is 34.4. The molecular formula is C17H30N2O4. The first-order valence-electron chi connectivity index (χ1n) is 8.55. The third kappa shape index (κ3) is 7.59. The molecule has 0 spiro atoms. The van der Waals surface area contributed by atoms with Gasteiger partial charge in [-0.1, -0.05) is 13.8 Å². The normalized spacial score (nSPS) is 22.6. The highest BCUT2D eigenvalue weighted by Gasteiger charge is 2.29. The number of nitrogens with one attached hydrogen (secondary N) is 2. The zero-order chi connectivity index (χ0) is 17.4. The van der Waals surface area contributed by atoms with Gasteiger partial charge in [-0.3, -0.25) is 4.79 Å². The van der Waals surface area contributed by atoms with E-state index in [0.717, 1.165) is 32.2 Å². The summed E-state index contributed by atoms with van der Waals surface area (Å²) in [6.07, 6.45) is 3.91. The minimum atomic E-state index is -1.07. The number of ketones is 1. The summed E-state index contributed by atoms with van der Waals surface area (Å²) in [5, 5.41) is 15.2. The first-order chi connectivity index (χ1) is 10.8. The lowest BCUT2D eigenvalue weighted by atomic mass is 9.81. The Labute approximate surface area is 138 Å². The summed E-state index contributed by atoms with van der Waals surface area (Å²) in [6, 6.07) is -0.500. The van der Waals surface area contributed by atoms with Crippen LogP contribution in [0, 0.1) is 11.8 Å². The number of hydrogen-bond acceptors (Lipinski definition) is 4. The van der Waals surface area contributed by atoms with E-state index in [1.54, 1.807) is 0 Å². The molecule has 23 heavy (non-hydrogen) atoms. The first kappa shape index (κ1) is 19.6. The smallest absolute Gasteiger partial charge is 0.326 e. The lowest BCUT2D eigenvalue weighted by Gasteiger charge is -2.29. The molecule has 1 aliphatic carbocycles. The fraction of sp³-hybridized carbons (Fsp3) is 0.824. The Morgan fingerprint density at radius 3 is 2.22 bits per heavy atom. The largest absolute Gasteiger partial charge is 0.480 e. The predicted molar refractivity (Wildman–Crippen MR) is 88.1 cm³/mol. The van der Waals surface area contributed by atoms with Gasteiger partial charge in [-0.2, -0.15) is 0 Å². The highest BCUT2D eigenvalue weighted by atomic mass is 16.4. The first-order valence-corrected chi connectivity index (χ1v) is 8.55. The van der Waals surface area contributed by atoms with E-state index in [4.69, 9.17) is 5.11 Å². The van der Waals surface area contributed by atoms with Gasteiger partial charge in [0.2, 0.25) is 5.91 Å². The molecule has 0 radical (unpaired) electrons. The average Bonchev–Trinajstić information content (AvgIpc) is 2.49. The van der Waals surface area contributed by atoms with Crippen molar-refractivity contribution in [2.45, 2.75) is 71.4 Å². The van der Waals surface area contributed by atoms with E-state index in [0.29, 0.717) is 12.0 Å². The molecule has 0 aliphatic heterocycles. The lowest BCUT2D eigenvalue weighted by Crippen LogP contribution is -2.44. The Bertz CT molecular complexity index is 415.